The fraction of sp³-hybridized carbons (Fsp3) is 0.739. The predicted molar refractivity (Wildman–Crippen MR) is 122 cm³/mol. The highest BCUT2D eigenvalue weighted by atomic mass is 32.1. The van der Waals surface area contributed by atoms with E-state index < -0.39 is 0 Å². The number of anilines is 1. The van der Waals surface area contributed by atoms with Crippen molar-refractivity contribution < 1.29 is 0 Å². The maximum atomic E-state index is 13.9. The molecule has 0 unspecified atom stereocenters. The van der Waals surface area contributed by atoms with E-state index in [1.54, 1.807) is 11.3 Å². The third kappa shape index (κ3) is 3.63. The molecule has 5 rings (SSSR count). The van der Waals surface area contributed by atoms with Crippen molar-refractivity contribution >= 4 is 27.5 Å². The quantitative estimate of drug-likeness (QED) is 0.699. The van der Waals surface area contributed by atoms with Gasteiger partial charge in [0.1, 0.15) is 4.83 Å². The van der Waals surface area contributed by atoms with Crippen LogP contribution in [-0.2, 0) is 12.8 Å². The van der Waals surface area contributed by atoms with Gasteiger partial charge in [0.2, 0.25) is 5.95 Å². The molecule has 29 heavy (non-hydrogen) atoms. The molecule has 158 valence electrons. The van der Waals surface area contributed by atoms with Gasteiger partial charge in [0.15, 0.2) is 0 Å². The first-order chi connectivity index (χ1) is 14.3. The minimum Gasteiger partial charge on any atom is -0.340 e. The van der Waals surface area contributed by atoms with Crippen LogP contribution >= 0.6 is 11.3 Å². The third-order valence-corrected chi connectivity index (χ3v) is 8.48. The van der Waals surface area contributed by atoms with Gasteiger partial charge in [0.25, 0.3) is 5.56 Å². The predicted octanol–water partition coefficient (Wildman–Crippen LogP) is 4.37. The van der Waals surface area contributed by atoms with Gasteiger partial charge >= 0.3 is 0 Å². The second-order valence-corrected chi connectivity index (χ2v) is 10.1. The molecule has 2 aromatic heterocycles. The molecular weight excluding hydrogens is 380 g/mol. The molecule has 2 fully saturated rings. The lowest BCUT2D eigenvalue weighted by molar-refractivity contribution is 0.266. The Balaban J connectivity index is 1.63. The van der Waals surface area contributed by atoms with Gasteiger partial charge in [-0.1, -0.05) is 32.6 Å². The van der Waals surface area contributed by atoms with E-state index in [4.69, 9.17) is 4.98 Å². The van der Waals surface area contributed by atoms with Crippen molar-refractivity contribution in [2.45, 2.75) is 77.2 Å². The fourth-order valence-corrected chi connectivity index (χ4v) is 6.79. The molecule has 5 nitrogen and oxygen atoms in total. The van der Waals surface area contributed by atoms with E-state index in [1.165, 1.54) is 49.0 Å². The minimum absolute atomic E-state index is 0.259. The molecule has 6 heteroatoms. The lowest BCUT2D eigenvalue weighted by atomic mass is 9.95. The summed E-state index contributed by atoms with van der Waals surface area (Å²) >= 11 is 1.80. The maximum absolute atomic E-state index is 13.9. The van der Waals surface area contributed by atoms with Crippen LogP contribution in [0, 0.1) is 0 Å². The molecule has 0 N–H and O–H groups in total. The van der Waals surface area contributed by atoms with Crippen LogP contribution in [0.1, 0.15) is 74.8 Å². The Labute approximate surface area is 177 Å². The van der Waals surface area contributed by atoms with Crippen LogP contribution in [0.15, 0.2) is 4.79 Å². The molecule has 0 spiro atoms. The summed E-state index contributed by atoms with van der Waals surface area (Å²) in [6, 6.07) is 0.327. The number of aromatic nitrogens is 2. The summed E-state index contributed by atoms with van der Waals surface area (Å²) in [4.78, 5) is 26.5. The van der Waals surface area contributed by atoms with Crippen molar-refractivity contribution in [3.05, 3.63) is 20.8 Å². The van der Waals surface area contributed by atoms with Gasteiger partial charge in [0, 0.05) is 37.1 Å². The van der Waals surface area contributed by atoms with Gasteiger partial charge < -0.3 is 9.80 Å². The molecule has 0 bridgehead atoms. The molecular formula is C23H34N4OS. The van der Waals surface area contributed by atoms with Gasteiger partial charge in [-0.25, -0.2) is 4.98 Å². The average Bonchev–Trinajstić information content (AvgIpc) is 2.96. The van der Waals surface area contributed by atoms with Gasteiger partial charge in [0.05, 0.1) is 5.39 Å². The van der Waals surface area contributed by atoms with Crippen LogP contribution in [-0.4, -0.2) is 47.2 Å². The van der Waals surface area contributed by atoms with Crippen LogP contribution in [0.5, 0.6) is 0 Å². The van der Waals surface area contributed by atoms with Gasteiger partial charge in [-0.05, 0) is 50.6 Å². The van der Waals surface area contributed by atoms with E-state index in [0.717, 1.165) is 74.6 Å². The number of hydrogen-bond donors (Lipinski definition) is 0. The van der Waals surface area contributed by atoms with Crippen LogP contribution in [0.25, 0.3) is 10.2 Å². The van der Waals surface area contributed by atoms with E-state index >= 15 is 0 Å². The molecule has 2 aromatic rings. The molecule has 0 amide bonds. The number of aryl methyl sites for hydroxylation is 2. The summed E-state index contributed by atoms with van der Waals surface area (Å²) in [6.45, 7) is 7.42. The number of hydrogen-bond acceptors (Lipinski definition) is 5. The molecule has 2 aliphatic carbocycles. The van der Waals surface area contributed by atoms with Crippen LogP contribution < -0.4 is 10.5 Å². The van der Waals surface area contributed by atoms with E-state index in [2.05, 4.69) is 21.3 Å². The van der Waals surface area contributed by atoms with Gasteiger partial charge in [-0.15, -0.1) is 11.3 Å². The molecule has 0 aromatic carbocycles. The molecule has 1 saturated heterocycles. The highest BCUT2D eigenvalue weighted by Crippen LogP contribution is 2.36. The number of nitrogens with zero attached hydrogens (tertiary/aromatic N) is 4. The van der Waals surface area contributed by atoms with E-state index in [9.17, 15) is 4.79 Å². The van der Waals surface area contributed by atoms with Crippen molar-refractivity contribution in [2.24, 2.45) is 0 Å². The molecule has 3 heterocycles. The summed E-state index contributed by atoms with van der Waals surface area (Å²) in [6.07, 6.45) is 12.0. The van der Waals surface area contributed by atoms with Crippen molar-refractivity contribution in [3.8, 4) is 0 Å². The maximum Gasteiger partial charge on any atom is 0.264 e. The Morgan fingerprint density at radius 3 is 2.45 bits per heavy atom. The number of thiophene rings is 1. The van der Waals surface area contributed by atoms with E-state index in [1.807, 2.05) is 0 Å². The summed E-state index contributed by atoms with van der Waals surface area (Å²) in [5.74, 6) is 0.960. The fourth-order valence-electron chi connectivity index (χ4n) is 5.54. The largest absolute Gasteiger partial charge is 0.340 e. The first kappa shape index (κ1) is 19.6. The summed E-state index contributed by atoms with van der Waals surface area (Å²) in [7, 11) is 0. The number of piperazine rings is 1. The van der Waals surface area contributed by atoms with Crippen LogP contribution in [0.4, 0.5) is 5.95 Å². The van der Waals surface area contributed by atoms with Crippen LogP contribution in [0.3, 0.4) is 0 Å². The zero-order valence-electron chi connectivity index (χ0n) is 17.8. The minimum atomic E-state index is 0.259. The first-order valence-electron chi connectivity index (χ1n) is 11.8. The Morgan fingerprint density at radius 1 is 0.966 bits per heavy atom. The lowest BCUT2D eigenvalue weighted by Crippen LogP contribution is -2.48. The second-order valence-electron chi connectivity index (χ2n) is 9.04. The smallest absolute Gasteiger partial charge is 0.264 e. The zero-order chi connectivity index (χ0) is 19.8. The van der Waals surface area contributed by atoms with Gasteiger partial charge in [-0.2, -0.15) is 0 Å². The van der Waals surface area contributed by atoms with Crippen molar-refractivity contribution in [2.75, 3.05) is 37.6 Å². The van der Waals surface area contributed by atoms with Gasteiger partial charge in [-0.3, -0.25) is 9.36 Å². The standard InChI is InChI=1S/C23H34N4OS/c1-2-25-13-15-26(16-14-25)23-24-21-20(18-11-7-4-8-12-19(18)29-21)22(28)27(23)17-9-5-3-6-10-17/h17H,2-16H2,1H3. The normalized spacial score (nSPS) is 22.0. The third-order valence-electron chi connectivity index (χ3n) is 7.29. The lowest BCUT2D eigenvalue weighted by Gasteiger charge is -2.37. The molecule has 1 aliphatic heterocycles. The average molecular weight is 415 g/mol. The number of fused-ring (bicyclic) bond motifs is 3. The van der Waals surface area contributed by atoms with E-state index in [0.29, 0.717) is 6.04 Å². The molecule has 0 atom stereocenters. The molecule has 0 radical (unpaired) electrons. The monoisotopic (exact) mass is 414 g/mol. The Bertz CT molecular complexity index is 919. The topological polar surface area (TPSA) is 41.4 Å². The van der Waals surface area contributed by atoms with E-state index in [-0.39, 0.29) is 5.56 Å². The van der Waals surface area contributed by atoms with Crippen molar-refractivity contribution in [1.82, 2.24) is 14.5 Å². The highest BCUT2D eigenvalue weighted by Gasteiger charge is 2.29. The second kappa shape index (κ2) is 8.38. The zero-order valence-corrected chi connectivity index (χ0v) is 18.6. The number of likely N-dealkylation sites (N-methyl/N-ethyl adjacent to an activating group) is 1. The number of rotatable bonds is 3. The summed E-state index contributed by atoms with van der Waals surface area (Å²) in [5, 5.41) is 0.966. The Kier molecular flexibility index (Phi) is 5.65. The highest BCUT2D eigenvalue weighted by molar-refractivity contribution is 7.18. The van der Waals surface area contributed by atoms with Crippen molar-refractivity contribution in [1.29, 1.82) is 0 Å². The SMILES string of the molecule is CCN1CCN(c2nc3sc4c(c3c(=O)n2C2CCCCC2)CCCCC4)CC1. The van der Waals surface area contributed by atoms with Crippen molar-refractivity contribution in [3.63, 3.8) is 0 Å². The van der Waals surface area contributed by atoms with Crippen LogP contribution in [0.2, 0.25) is 0 Å². The Morgan fingerprint density at radius 2 is 1.69 bits per heavy atom. The first-order valence-corrected chi connectivity index (χ1v) is 12.6. The molecule has 1 saturated carbocycles. The Hall–Kier alpha value is -1.40. The molecule has 3 aliphatic rings. The summed E-state index contributed by atoms with van der Waals surface area (Å²) in [5.41, 5.74) is 1.60. The summed E-state index contributed by atoms with van der Waals surface area (Å²) < 4.78 is 2.14.